The molecule has 0 saturated carbocycles. The summed E-state index contributed by atoms with van der Waals surface area (Å²) in [6.07, 6.45) is -8.42. The number of phosphoric ester groups is 3. The first kappa shape index (κ1) is 44.2. The molecule has 7 unspecified atom stereocenters. The third kappa shape index (κ3) is 9.04. The summed E-state index contributed by atoms with van der Waals surface area (Å²) in [6, 6.07) is 0. The second-order valence-electron chi connectivity index (χ2n) is 12.9. The molecule has 12 atom stereocenters. The zero-order valence-corrected chi connectivity index (χ0v) is 33.8. The van der Waals surface area contributed by atoms with E-state index in [1.807, 2.05) is 0 Å². The molecule has 58 heavy (non-hydrogen) atoms. The first-order chi connectivity index (χ1) is 26.8. The molecule has 34 heteroatoms. The summed E-state index contributed by atoms with van der Waals surface area (Å²) in [7, 11) is -18.7. The lowest BCUT2D eigenvalue weighted by molar-refractivity contribution is -0.746. The van der Waals surface area contributed by atoms with Crippen LogP contribution in [0.3, 0.4) is 0 Å². The summed E-state index contributed by atoms with van der Waals surface area (Å²) >= 11 is 0. The summed E-state index contributed by atoms with van der Waals surface area (Å²) in [5, 5.41) is 22.0. The number of nitrogen functional groups attached to an aromatic ring is 2. The van der Waals surface area contributed by atoms with Crippen molar-refractivity contribution >= 4 is 65.5 Å². The molecule has 0 aliphatic carbocycles. The second-order valence-corrected chi connectivity index (χ2v) is 19.0. The van der Waals surface area contributed by atoms with Crippen LogP contribution in [0.1, 0.15) is 19.4 Å². The lowest BCUT2D eigenvalue weighted by atomic mass is 10.0. The van der Waals surface area contributed by atoms with Crippen LogP contribution >= 0.6 is 31.3 Å². The maximum atomic E-state index is 12.8. The molecule has 2 aliphatic rings. The number of fused-ring (bicyclic) bond motifs is 2. The summed E-state index contributed by atoms with van der Waals surface area (Å²) in [5.74, 6) is -1.42. The quantitative estimate of drug-likeness (QED) is 0.0418. The second kappa shape index (κ2) is 15.9. The molecular formula is C24H38N10O20P4+2. The largest absolute Gasteiger partial charge is 0.490 e. The van der Waals surface area contributed by atoms with Crippen molar-refractivity contribution in [2.24, 2.45) is 20.0 Å². The average Bonchev–Trinajstić information content (AvgIpc) is 3.78. The predicted molar refractivity (Wildman–Crippen MR) is 186 cm³/mol. The summed E-state index contributed by atoms with van der Waals surface area (Å²) < 4.78 is 94.2. The number of imidazole rings is 2. The Kier molecular flexibility index (Phi) is 12.1. The molecule has 6 rings (SSSR count). The van der Waals surface area contributed by atoms with Gasteiger partial charge in [-0.3, -0.25) is 46.8 Å². The number of ether oxygens (including phenoxy) is 2. The predicted octanol–water partition coefficient (Wildman–Crippen LogP) is -3.07. The Morgan fingerprint density at radius 2 is 1.19 bits per heavy atom. The standard InChI is InChI=1S/C24H36N10O20P4/c1-9-10(50-21(14(9)35)33-7-31(2)12-17(33)27-23(25)29-19(12)37)5-48-56(41,42)53-58(45,46)54-57(43,44)49-6-11-16(52-55(39,40)47-4)15(36)22(51-11)34-8-32(3)13-18(34)28-24(26)30-20(13)38/h7-11,14-16,21-22,35-36H,5-6H2,1-4H3,(H8-2,25,26,27,28,29,30,37,38,39,40,41,42,43,44,45,46)/p+2/t9?,10-,11-,14?,15?,16+,21-,22-/m1/s1. The van der Waals surface area contributed by atoms with E-state index < -0.39 is 105 Å². The Labute approximate surface area is 322 Å². The van der Waals surface area contributed by atoms with Crippen molar-refractivity contribution < 1.29 is 93.4 Å². The lowest BCUT2D eigenvalue weighted by Crippen LogP contribution is -2.46. The molecule has 4 aromatic heterocycles. The number of rotatable bonds is 15. The van der Waals surface area contributed by atoms with E-state index in [1.54, 1.807) is 0 Å². The highest BCUT2D eigenvalue weighted by Crippen LogP contribution is 2.68. The van der Waals surface area contributed by atoms with Crippen molar-refractivity contribution in [3.63, 3.8) is 0 Å². The van der Waals surface area contributed by atoms with Gasteiger partial charge in [0.25, 0.3) is 23.0 Å². The van der Waals surface area contributed by atoms with Crippen molar-refractivity contribution in [1.82, 2.24) is 29.1 Å². The fourth-order valence-electron chi connectivity index (χ4n) is 6.26. The van der Waals surface area contributed by atoms with Gasteiger partial charge < -0.3 is 50.7 Å². The SMILES string of the molecule is COP(=O)(O)O[C@@H]1C(O)[C@H]([n+]2cn(C)c3c(=O)[nH]c(N)nc32)O[C@@H]1COP(=O)(O)OP(=O)(O)OP(=O)(O)OC[C@H]1O[C@@H]([n+]2cn(C)c3c(=O)[nH]c(N)nc32)C(O)C1C. The molecule has 0 radical (unpaired) electrons. The molecule has 2 saturated heterocycles. The molecule has 12 N–H and O–H groups in total. The van der Waals surface area contributed by atoms with Gasteiger partial charge in [-0.05, 0) is 0 Å². The zero-order chi connectivity index (χ0) is 42.9. The number of nitrogens with one attached hydrogen (secondary N) is 2. The molecule has 322 valence electrons. The molecule has 4 aromatic rings. The number of phosphoric acid groups is 4. The highest BCUT2D eigenvalue weighted by Gasteiger charge is 2.53. The van der Waals surface area contributed by atoms with E-state index in [0.717, 1.165) is 11.7 Å². The molecule has 2 aliphatic heterocycles. The highest BCUT2D eigenvalue weighted by atomic mass is 31.3. The number of aryl methyl sites for hydroxylation is 2. The molecule has 30 nitrogen and oxygen atoms in total. The van der Waals surface area contributed by atoms with Crippen molar-refractivity contribution in [3.8, 4) is 0 Å². The molecule has 2 fully saturated rings. The van der Waals surface area contributed by atoms with Gasteiger partial charge in [0.05, 0.1) is 33.4 Å². The number of H-pyrrole nitrogens is 2. The molecule has 6 heterocycles. The number of aromatic nitrogens is 8. The van der Waals surface area contributed by atoms with Crippen LogP contribution < -0.4 is 31.7 Å². The normalized spacial score (nSPS) is 29.3. The number of aromatic amines is 2. The first-order valence-corrected chi connectivity index (χ1v) is 22.3. The van der Waals surface area contributed by atoms with E-state index >= 15 is 0 Å². The van der Waals surface area contributed by atoms with Crippen molar-refractivity contribution in [3.05, 3.63) is 33.4 Å². The van der Waals surface area contributed by atoms with Gasteiger partial charge in [-0.1, -0.05) is 16.9 Å². The van der Waals surface area contributed by atoms with Crippen LogP contribution in [-0.4, -0.2) is 110 Å². The van der Waals surface area contributed by atoms with E-state index in [1.165, 1.54) is 47.4 Å². The van der Waals surface area contributed by atoms with Gasteiger partial charge in [-0.2, -0.15) is 8.62 Å². The van der Waals surface area contributed by atoms with E-state index in [-0.39, 0.29) is 34.2 Å². The van der Waals surface area contributed by atoms with Gasteiger partial charge in [-0.25, -0.2) is 27.4 Å². The Bertz CT molecular complexity index is 2550. The van der Waals surface area contributed by atoms with Gasteiger partial charge in [0.1, 0.15) is 24.4 Å². The van der Waals surface area contributed by atoms with Crippen LogP contribution in [0.2, 0.25) is 0 Å². The molecular weight excluding hydrogens is 872 g/mol. The van der Waals surface area contributed by atoms with Crippen LogP contribution in [0.25, 0.3) is 22.3 Å². The molecule has 0 spiro atoms. The topological polar surface area (TPSA) is 425 Å². The molecule has 0 amide bonds. The van der Waals surface area contributed by atoms with Crippen LogP contribution in [-0.2, 0) is 68.5 Å². The Balaban J connectivity index is 1.11. The van der Waals surface area contributed by atoms with E-state index in [2.05, 4.69) is 33.1 Å². The maximum Gasteiger partial charge on any atom is 0.490 e. The van der Waals surface area contributed by atoms with Gasteiger partial charge in [-0.15, -0.1) is 0 Å². The number of nitrogens with zero attached hydrogens (tertiary/aromatic N) is 6. The number of nitrogens with two attached hydrogens (primary N) is 2. The first-order valence-electron chi connectivity index (χ1n) is 16.3. The Morgan fingerprint density at radius 3 is 1.66 bits per heavy atom. The van der Waals surface area contributed by atoms with E-state index in [4.69, 9.17) is 34.5 Å². The lowest BCUT2D eigenvalue weighted by Gasteiger charge is -2.23. The van der Waals surface area contributed by atoms with Crippen LogP contribution in [0.15, 0.2) is 22.2 Å². The monoisotopic (exact) mass is 910 g/mol. The van der Waals surface area contributed by atoms with E-state index in [9.17, 15) is 57.6 Å². The van der Waals surface area contributed by atoms with Crippen molar-refractivity contribution in [2.75, 3.05) is 31.8 Å². The number of hydrogen-bond acceptors (Lipinski definition) is 20. The van der Waals surface area contributed by atoms with E-state index in [0.29, 0.717) is 0 Å². The summed E-state index contributed by atoms with van der Waals surface area (Å²) in [5.41, 5.74) is 9.94. The van der Waals surface area contributed by atoms with Crippen molar-refractivity contribution in [1.29, 1.82) is 0 Å². The number of aliphatic hydroxyl groups is 2. The van der Waals surface area contributed by atoms with Crippen LogP contribution in [0, 0.1) is 5.92 Å². The minimum atomic E-state index is -6.05. The summed E-state index contributed by atoms with van der Waals surface area (Å²) in [4.78, 5) is 78.2. The molecule has 0 aromatic carbocycles. The third-order valence-corrected chi connectivity index (χ3v) is 14.1. The van der Waals surface area contributed by atoms with Crippen molar-refractivity contribution in [2.45, 2.75) is 49.9 Å². The smallest absolute Gasteiger partial charge is 0.386 e. The fourth-order valence-corrected chi connectivity index (χ4v) is 10.4. The zero-order valence-electron chi connectivity index (χ0n) is 30.2. The maximum absolute atomic E-state index is 12.8. The number of anilines is 2. The average molecular weight is 911 g/mol. The van der Waals surface area contributed by atoms with Gasteiger partial charge in [0, 0.05) is 13.0 Å². The van der Waals surface area contributed by atoms with Gasteiger partial charge >= 0.3 is 42.6 Å². The van der Waals surface area contributed by atoms with Crippen LogP contribution in [0.4, 0.5) is 11.9 Å². The Hall–Kier alpha value is -3.34. The Morgan fingerprint density at radius 1 is 0.759 bits per heavy atom. The minimum absolute atomic E-state index is 0.0260. The number of hydrogen-bond donors (Lipinski definition) is 10. The summed E-state index contributed by atoms with van der Waals surface area (Å²) in [6.45, 7) is -0.617. The number of aliphatic hydroxyl groups excluding tert-OH is 2. The highest BCUT2D eigenvalue weighted by molar-refractivity contribution is 7.66. The fraction of sp³-hybridized carbons (Fsp3) is 0.583. The third-order valence-electron chi connectivity index (χ3n) is 8.87. The van der Waals surface area contributed by atoms with Gasteiger partial charge in [0.2, 0.25) is 23.5 Å². The minimum Gasteiger partial charge on any atom is -0.386 e. The van der Waals surface area contributed by atoms with Gasteiger partial charge in [0.15, 0.2) is 12.7 Å². The molecule has 0 bridgehead atoms. The van der Waals surface area contributed by atoms with Crippen LogP contribution in [0.5, 0.6) is 0 Å².